The van der Waals surface area contributed by atoms with E-state index in [1.165, 1.54) is 7.11 Å². The molecule has 1 heterocycles. The molecule has 26 heavy (non-hydrogen) atoms. The van der Waals surface area contributed by atoms with Gasteiger partial charge in [-0.2, -0.15) is 0 Å². The molecular weight excluding hydrogens is 352 g/mol. The average Bonchev–Trinajstić information content (AvgIpc) is 2.64. The number of thiocarbonyl (C=S) groups is 1. The number of ether oxygens (including phenoxy) is 3. The third kappa shape index (κ3) is 4.66. The van der Waals surface area contributed by atoms with Crippen molar-refractivity contribution in [2.45, 2.75) is 39.2 Å². The maximum absolute atomic E-state index is 12.2. The summed E-state index contributed by atoms with van der Waals surface area (Å²) >= 11 is 5.24. The molecule has 2 N–H and O–H groups in total. The molecule has 0 radical (unpaired) electrons. The number of benzene rings is 1. The van der Waals surface area contributed by atoms with Crippen LogP contribution in [0.25, 0.3) is 0 Å². The number of esters is 1. The highest BCUT2D eigenvalue weighted by Gasteiger charge is 2.31. The molecule has 0 fully saturated rings. The first-order chi connectivity index (χ1) is 12.5. The number of hydrogen-bond donors (Lipinski definition) is 2. The molecule has 0 spiro atoms. The number of hydrogen-bond acceptors (Lipinski definition) is 5. The Balaban J connectivity index is 2.30. The number of nitrogens with one attached hydrogen (secondary N) is 2. The number of methoxy groups -OCH3 is 2. The summed E-state index contributed by atoms with van der Waals surface area (Å²) in [5.41, 5.74) is 2.00. The van der Waals surface area contributed by atoms with Crippen molar-refractivity contribution in [3.05, 3.63) is 35.0 Å². The van der Waals surface area contributed by atoms with E-state index in [4.69, 9.17) is 26.4 Å². The van der Waals surface area contributed by atoms with E-state index in [9.17, 15) is 4.79 Å². The summed E-state index contributed by atoms with van der Waals surface area (Å²) in [4.78, 5) is 12.2. The normalized spacial score (nSPS) is 16.6. The van der Waals surface area contributed by atoms with Crippen molar-refractivity contribution < 1.29 is 19.0 Å². The van der Waals surface area contributed by atoms with E-state index in [1.54, 1.807) is 14.0 Å². The standard InChI is InChI=1S/C19H26N2O4S/c1-5-6-7-10-25-14-9-8-13(11-15(14)23-3)17-16(18(22)24-4)12(2)20-19(26)21-17/h8-9,11,17H,5-7,10H2,1-4H3,(H2,20,21,26)/t17-/m1/s1. The van der Waals surface area contributed by atoms with Gasteiger partial charge in [0.25, 0.3) is 0 Å². The van der Waals surface area contributed by atoms with Crippen LogP contribution >= 0.6 is 12.2 Å². The van der Waals surface area contributed by atoms with Crippen molar-refractivity contribution in [2.75, 3.05) is 20.8 Å². The Kier molecular flexibility index (Phi) is 7.26. The first kappa shape index (κ1) is 20.0. The zero-order chi connectivity index (χ0) is 19.1. The van der Waals surface area contributed by atoms with Gasteiger partial charge in [-0.1, -0.05) is 25.8 Å². The summed E-state index contributed by atoms with van der Waals surface area (Å²) < 4.78 is 16.2. The van der Waals surface area contributed by atoms with Gasteiger partial charge in [0.05, 0.1) is 32.4 Å². The monoisotopic (exact) mass is 378 g/mol. The summed E-state index contributed by atoms with van der Waals surface area (Å²) in [6.45, 7) is 4.60. The molecule has 1 atom stereocenters. The molecule has 1 aromatic rings. The fourth-order valence-electron chi connectivity index (χ4n) is 2.84. The number of carbonyl (C=O) groups is 1. The lowest BCUT2D eigenvalue weighted by molar-refractivity contribution is -0.136. The second kappa shape index (κ2) is 9.43. The quantitative estimate of drug-likeness (QED) is 0.409. The molecule has 0 saturated carbocycles. The highest BCUT2D eigenvalue weighted by Crippen LogP contribution is 2.34. The van der Waals surface area contributed by atoms with Gasteiger partial charge in [0.15, 0.2) is 16.6 Å². The van der Waals surface area contributed by atoms with E-state index >= 15 is 0 Å². The minimum Gasteiger partial charge on any atom is -0.493 e. The van der Waals surface area contributed by atoms with E-state index in [1.807, 2.05) is 18.2 Å². The SMILES string of the molecule is CCCCCOc1ccc([C@H]2NC(=S)NC(C)=C2C(=O)OC)cc1OC. The van der Waals surface area contributed by atoms with Gasteiger partial charge < -0.3 is 24.8 Å². The predicted molar refractivity (Wildman–Crippen MR) is 104 cm³/mol. The van der Waals surface area contributed by atoms with Crippen LogP contribution in [0.4, 0.5) is 0 Å². The molecule has 0 aromatic heterocycles. The van der Waals surface area contributed by atoms with Crippen molar-refractivity contribution in [3.63, 3.8) is 0 Å². The van der Waals surface area contributed by atoms with Crippen molar-refractivity contribution in [1.82, 2.24) is 10.6 Å². The Bertz CT molecular complexity index is 703. The van der Waals surface area contributed by atoms with Crippen LogP contribution in [0.15, 0.2) is 29.5 Å². The third-order valence-corrected chi connectivity index (χ3v) is 4.42. The van der Waals surface area contributed by atoms with Gasteiger partial charge in [-0.05, 0) is 43.3 Å². The highest BCUT2D eigenvalue weighted by molar-refractivity contribution is 7.80. The van der Waals surface area contributed by atoms with Crippen LogP contribution < -0.4 is 20.1 Å². The number of unbranched alkanes of at least 4 members (excludes halogenated alkanes) is 2. The van der Waals surface area contributed by atoms with Crippen molar-refractivity contribution >= 4 is 23.3 Å². The van der Waals surface area contributed by atoms with E-state index in [2.05, 4.69) is 17.6 Å². The Labute approximate surface area is 159 Å². The van der Waals surface area contributed by atoms with Gasteiger partial charge in [-0.15, -0.1) is 0 Å². The Morgan fingerprint density at radius 3 is 2.65 bits per heavy atom. The summed E-state index contributed by atoms with van der Waals surface area (Å²) in [5, 5.41) is 6.55. The second-order valence-corrected chi connectivity index (χ2v) is 6.44. The van der Waals surface area contributed by atoms with Gasteiger partial charge in [0.2, 0.25) is 0 Å². The first-order valence-electron chi connectivity index (χ1n) is 8.69. The minimum atomic E-state index is -0.417. The van der Waals surface area contributed by atoms with Crippen LogP contribution in [-0.2, 0) is 9.53 Å². The van der Waals surface area contributed by atoms with Crippen LogP contribution in [0.2, 0.25) is 0 Å². The van der Waals surface area contributed by atoms with E-state index in [-0.39, 0.29) is 0 Å². The molecule has 7 heteroatoms. The molecular formula is C19H26N2O4S. The molecule has 1 aliphatic heterocycles. The van der Waals surface area contributed by atoms with Gasteiger partial charge >= 0.3 is 5.97 Å². The molecule has 0 unspecified atom stereocenters. The molecule has 142 valence electrons. The third-order valence-electron chi connectivity index (χ3n) is 4.20. The molecule has 0 bridgehead atoms. The van der Waals surface area contributed by atoms with Gasteiger partial charge in [-0.3, -0.25) is 0 Å². The summed E-state index contributed by atoms with van der Waals surface area (Å²) in [5.74, 6) is 0.894. The fourth-order valence-corrected chi connectivity index (χ4v) is 3.11. The number of rotatable bonds is 8. The minimum absolute atomic E-state index is 0.408. The number of allylic oxidation sites excluding steroid dienone is 1. The Morgan fingerprint density at radius 1 is 1.23 bits per heavy atom. The molecule has 1 aromatic carbocycles. The van der Waals surface area contributed by atoms with Crippen LogP contribution in [-0.4, -0.2) is 31.9 Å². The zero-order valence-electron chi connectivity index (χ0n) is 15.7. The van der Waals surface area contributed by atoms with E-state index in [0.717, 1.165) is 24.8 Å². The van der Waals surface area contributed by atoms with Crippen molar-refractivity contribution in [3.8, 4) is 11.5 Å². The summed E-state index contributed by atoms with van der Waals surface area (Å²) in [6.07, 6.45) is 3.27. The zero-order valence-corrected chi connectivity index (χ0v) is 16.5. The largest absolute Gasteiger partial charge is 0.493 e. The molecule has 6 nitrogen and oxygen atoms in total. The summed E-state index contributed by atoms with van der Waals surface area (Å²) in [6, 6.07) is 5.20. The van der Waals surface area contributed by atoms with Gasteiger partial charge in [-0.25, -0.2) is 4.79 Å². The fraction of sp³-hybridized carbons (Fsp3) is 0.474. The lowest BCUT2D eigenvalue weighted by Gasteiger charge is -2.30. The van der Waals surface area contributed by atoms with Crippen molar-refractivity contribution in [2.24, 2.45) is 0 Å². The Hall–Kier alpha value is -2.28. The maximum atomic E-state index is 12.2. The predicted octanol–water partition coefficient (Wildman–Crippen LogP) is 3.23. The smallest absolute Gasteiger partial charge is 0.337 e. The first-order valence-corrected chi connectivity index (χ1v) is 9.10. The van der Waals surface area contributed by atoms with Crippen LogP contribution in [0, 0.1) is 0 Å². The molecule has 1 aliphatic rings. The average molecular weight is 378 g/mol. The van der Waals surface area contributed by atoms with E-state index < -0.39 is 12.0 Å². The lowest BCUT2D eigenvalue weighted by atomic mass is 9.95. The number of carbonyl (C=O) groups excluding carboxylic acids is 1. The molecule has 2 rings (SSSR count). The van der Waals surface area contributed by atoms with E-state index in [0.29, 0.717) is 34.5 Å². The van der Waals surface area contributed by atoms with Crippen LogP contribution in [0.5, 0.6) is 11.5 Å². The molecule has 0 amide bonds. The second-order valence-electron chi connectivity index (χ2n) is 6.03. The maximum Gasteiger partial charge on any atom is 0.337 e. The van der Waals surface area contributed by atoms with Gasteiger partial charge in [0.1, 0.15) is 0 Å². The highest BCUT2D eigenvalue weighted by atomic mass is 32.1. The summed E-state index contributed by atoms with van der Waals surface area (Å²) in [7, 11) is 2.96. The van der Waals surface area contributed by atoms with Crippen LogP contribution in [0.3, 0.4) is 0 Å². The lowest BCUT2D eigenvalue weighted by Crippen LogP contribution is -2.45. The topological polar surface area (TPSA) is 68.8 Å². The Morgan fingerprint density at radius 2 is 2.00 bits per heavy atom. The van der Waals surface area contributed by atoms with Crippen molar-refractivity contribution in [1.29, 1.82) is 0 Å². The van der Waals surface area contributed by atoms with Gasteiger partial charge in [0, 0.05) is 5.70 Å². The van der Waals surface area contributed by atoms with Crippen LogP contribution in [0.1, 0.15) is 44.7 Å². The molecule has 0 saturated heterocycles. The molecule has 0 aliphatic carbocycles.